The van der Waals surface area contributed by atoms with E-state index in [2.05, 4.69) is 30.4 Å². The molecule has 0 saturated carbocycles. The summed E-state index contributed by atoms with van der Waals surface area (Å²) in [7, 11) is 1.31. The number of likely N-dealkylation sites (tertiary alicyclic amines) is 1. The van der Waals surface area contributed by atoms with Crippen LogP contribution in [0.3, 0.4) is 0 Å². The molecule has 1 amide bonds. The number of benzene rings is 1. The van der Waals surface area contributed by atoms with Gasteiger partial charge in [0.15, 0.2) is 11.6 Å². The van der Waals surface area contributed by atoms with Crippen molar-refractivity contribution in [1.82, 2.24) is 4.90 Å². The average molecular weight is 412 g/mol. The maximum absolute atomic E-state index is 11.9. The van der Waals surface area contributed by atoms with Crippen molar-refractivity contribution in [1.29, 1.82) is 0 Å². The number of nitrogens with zero attached hydrogens (tertiary/aromatic N) is 1. The molecule has 162 valence electrons. The Balaban J connectivity index is -0.000000361. The predicted octanol–water partition coefficient (Wildman–Crippen LogP) is 3.21. The van der Waals surface area contributed by atoms with Crippen molar-refractivity contribution in [3.8, 4) is 25.7 Å². The van der Waals surface area contributed by atoms with Crippen molar-refractivity contribution in [3.63, 3.8) is 0 Å². The fourth-order valence-corrected chi connectivity index (χ4v) is 1.72. The van der Waals surface area contributed by atoms with Gasteiger partial charge in [0.25, 0.3) is 6.47 Å². The number of terminal acetylenes is 2. The lowest BCUT2D eigenvalue weighted by molar-refractivity contribution is -0.126. The highest BCUT2D eigenvalue weighted by Crippen LogP contribution is 2.13. The van der Waals surface area contributed by atoms with E-state index >= 15 is 0 Å². The van der Waals surface area contributed by atoms with E-state index in [0.717, 1.165) is 25.1 Å². The second-order valence-electron chi connectivity index (χ2n) is 6.22. The first-order valence-electron chi connectivity index (χ1n) is 8.37. The van der Waals surface area contributed by atoms with Gasteiger partial charge in [-0.05, 0) is 39.3 Å². The highest BCUT2D eigenvalue weighted by Gasteiger charge is 2.27. The van der Waals surface area contributed by atoms with Gasteiger partial charge in [0.05, 0.1) is 7.11 Å². The summed E-state index contributed by atoms with van der Waals surface area (Å²) < 4.78 is 32.9. The molecule has 2 N–H and O–H groups in total. The topological polar surface area (TPSA) is 81.9 Å². The number of carbonyl (C=O) groups excluding carboxylic acids is 2. The molecule has 1 fully saturated rings. The van der Waals surface area contributed by atoms with Gasteiger partial charge in [-0.25, -0.2) is 13.6 Å². The van der Waals surface area contributed by atoms with Crippen LogP contribution in [-0.4, -0.2) is 49.3 Å². The monoisotopic (exact) mass is 412 g/mol. The molecule has 8 heteroatoms. The molecule has 0 radical (unpaired) electrons. The standard InChI is InChI=1S/C9H18N2O2.C6H4F2.C2H4O2.2C2H2/c1-9(2,3)13-8(12)11-5-4-7(10)6-11;7-5-3-1-2-4-6(5)8;1-4-2-3;2*1-2/h7H,4-6,10H2,1-3H3;1-4H;2H,1H3;2*1-2H/t7-;;;;/m1..../s1. The number of ether oxygens (including phenoxy) is 2. The zero-order valence-electron chi connectivity index (χ0n) is 17.3. The minimum atomic E-state index is -0.799. The van der Waals surface area contributed by atoms with E-state index in [1.807, 2.05) is 20.8 Å². The molecular weight excluding hydrogens is 382 g/mol. The van der Waals surface area contributed by atoms with Crippen molar-refractivity contribution in [2.24, 2.45) is 5.73 Å². The zero-order chi connectivity index (χ0) is 23.5. The van der Waals surface area contributed by atoms with Crippen molar-refractivity contribution >= 4 is 12.6 Å². The highest BCUT2D eigenvalue weighted by molar-refractivity contribution is 5.68. The number of rotatable bonds is 1. The Morgan fingerprint density at radius 2 is 1.59 bits per heavy atom. The molecule has 2 rings (SSSR count). The van der Waals surface area contributed by atoms with Crippen LogP contribution in [0.1, 0.15) is 27.2 Å². The minimum absolute atomic E-state index is 0.118. The van der Waals surface area contributed by atoms with E-state index in [-0.39, 0.29) is 12.1 Å². The van der Waals surface area contributed by atoms with Crippen molar-refractivity contribution in [2.45, 2.75) is 38.8 Å². The van der Waals surface area contributed by atoms with Gasteiger partial charge in [0.2, 0.25) is 0 Å². The number of amides is 1. The predicted molar refractivity (Wildman–Crippen MR) is 110 cm³/mol. The number of methoxy groups -OCH3 is 1. The summed E-state index contributed by atoms with van der Waals surface area (Å²) in [5.41, 5.74) is 5.26. The Labute approximate surface area is 172 Å². The molecule has 1 aromatic rings. The first-order chi connectivity index (χ1) is 13.6. The molecule has 1 aromatic carbocycles. The van der Waals surface area contributed by atoms with E-state index in [1.54, 1.807) is 4.90 Å². The molecule has 0 bridgehead atoms. The van der Waals surface area contributed by atoms with Crippen LogP contribution in [0.4, 0.5) is 13.6 Å². The van der Waals surface area contributed by atoms with Crippen LogP contribution in [0, 0.1) is 37.3 Å². The number of nitrogens with two attached hydrogens (primary N) is 1. The molecular formula is C21H30F2N2O4. The van der Waals surface area contributed by atoms with Gasteiger partial charge in [-0.3, -0.25) is 4.79 Å². The molecule has 29 heavy (non-hydrogen) atoms. The van der Waals surface area contributed by atoms with Crippen LogP contribution < -0.4 is 5.73 Å². The van der Waals surface area contributed by atoms with Gasteiger partial charge in [-0.15, -0.1) is 25.7 Å². The van der Waals surface area contributed by atoms with Crippen molar-refractivity contribution in [3.05, 3.63) is 35.9 Å². The Hall–Kier alpha value is -3.10. The lowest BCUT2D eigenvalue weighted by Gasteiger charge is -2.24. The highest BCUT2D eigenvalue weighted by atomic mass is 19.2. The van der Waals surface area contributed by atoms with E-state index in [9.17, 15) is 13.6 Å². The fourth-order valence-electron chi connectivity index (χ4n) is 1.72. The summed E-state index contributed by atoms with van der Waals surface area (Å²) in [6.07, 6.45) is 16.6. The average Bonchev–Trinajstić information content (AvgIpc) is 3.13. The Morgan fingerprint density at radius 3 is 1.83 bits per heavy atom. The number of hydrogen-bond acceptors (Lipinski definition) is 5. The second kappa shape index (κ2) is 18.3. The summed E-state index contributed by atoms with van der Waals surface area (Å²) >= 11 is 0. The maximum Gasteiger partial charge on any atom is 0.410 e. The molecule has 0 spiro atoms. The molecule has 1 heterocycles. The summed E-state index contributed by atoms with van der Waals surface area (Å²) in [6.45, 7) is 7.30. The van der Waals surface area contributed by atoms with E-state index in [1.165, 1.54) is 19.2 Å². The van der Waals surface area contributed by atoms with Crippen LogP contribution in [0.15, 0.2) is 24.3 Å². The van der Waals surface area contributed by atoms with Crippen LogP contribution in [-0.2, 0) is 14.3 Å². The van der Waals surface area contributed by atoms with E-state index in [4.69, 9.17) is 15.3 Å². The van der Waals surface area contributed by atoms with Gasteiger partial charge in [0, 0.05) is 19.1 Å². The van der Waals surface area contributed by atoms with Crippen LogP contribution in [0.2, 0.25) is 0 Å². The maximum atomic E-state index is 11.9. The SMILES string of the molecule is C#C.C#C.CC(C)(C)OC(=O)N1CC[C@@H](N)C1.COC=O.Fc1ccccc1F. The molecule has 1 saturated heterocycles. The molecule has 1 atom stereocenters. The summed E-state index contributed by atoms with van der Waals surface area (Å²) in [4.78, 5) is 22.1. The van der Waals surface area contributed by atoms with Crippen LogP contribution >= 0.6 is 0 Å². The number of halogens is 2. The largest absolute Gasteiger partial charge is 0.471 e. The summed E-state index contributed by atoms with van der Waals surface area (Å²) in [5.74, 6) is -1.60. The van der Waals surface area contributed by atoms with E-state index in [0.29, 0.717) is 13.0 Å². The second-order valence-corrected chi connectivity index (χ2v) is 6.22. The molecule has 0 unspecified atom stereocenters. The summed E-state index contributed by atoms with van der Waals surface area (Å²) in [6, 6.07) is 5.16. The first-order valence-corrected chi connectivity index (χ1v) is 8.37. The third-order valence-corrected chi connectivity index (χ3v) is 2.80. The third-order valence-electron chi connectivity index (χ3n) is 2.80. The molecule has 6 nitrogen and oxygen atoms in total. The minimum Gasteiger partial charge on any atom is -0.471 e. The van der Waals surface area contributed by atoms with Crippen LogP contribution in [0.5, 0.6) is 0 Å². The van der Waals surface area contributed by atoms with Gasteiger partial charge < -0.3 is 20.1 Å². The number of hydrogen-bond donors (Lipinski definition) is 1. The quantitative estimate of drug-likeness (QED) is 0.566. The van der Waals surface area contributed by atoms with Crippen molar-refractivity contribution < 1.29 is 27.8 Å². The Morgan fingerprint density at radius 1 is 1.17 bits per heavy atom. The van der Waals surface area contributed by atoms with E-state index < -0.39 is 17.2 Å². The lowest BCUT2D eigenvalue weighted by atomic mass is 10.2. The van der Waals surface area contributed by atoms with Gasteiger partial charge in [0.1, 0.15) is 5.60 Å². The van der Waals surface area contributed by atoms with Gasteiger partial charge >= 0.3 is 6.09 Å². The number of carbonyl (C=O) groups is 2. The molecule has 1 aliphatic rings. The molecule has 1 aliphatic heterocycles. The van der Waals surface area contributed by atoms with Gasteiger partial charge in [-0.2, -0.15) is 0 Å². The fraction of sp³-hybridized carbons (Fsp3) is 0.429. The van der Waals surface area contributed by atoms with Gasteiger partial charge in [-0.1, -0.05) is 12.1 Å². The Kier molecular flexibility index (Phi) is 19.3. The smallest absolute Gasteiger partial charge is 0.410 e. The van der Waals surface area contributed by atoms with Crippen molar-refractivity contribution in [2.75, 3.05) is 20.2 Å². The normalized spacial score (nSPS) is 13.9. The zero-order valence-corrected chi connectivity index (χ0v) is 17.3. The first kappa shape index (κ1) is 30.6. The lowest BCUT2D eigenvalue weighted by Crippen LogP contribution is -2.36. The van der Waals surface area contributed by atoms with Crippen LogP contribution in [0.25, 0.3) is 0 Å². The summed E-state index contributed by atoms with van der Waals surface area (Å²) in [5, 5.41) is 0. The molecule has 0 aliphatic carbocycles. The Bertz CT molecular complexity index is 586. The molecule has 0 aromatic heterocycles. The third kappa shape index (κ3) is 18.0.